The number of carboxylic acid groups (broad SMARTS) is 1. The molecule has 1 aliphatic heterocycles. The zero-order chi connectivity index (χ0) is 10.8. The highest BCUT2D eigenvalue weighted by molar-refractivity contribution is 5.67. The first kappa shape index (κ1) is 11.5. The molecular weight excluding hydrogens is 182 g/mol. The lowest BCUT2D eigenvalue weighted by Gasteiger charge is -2.40. The van der Waals surface area contributed by atoms with Crippen LogP contribution in [0.3, 0.4) is 0 Å². The predicted molar refractivity (Wildman–Crippen MR) is 53.3 cm³/mol. The molecule has 1 aliphatic rings. The van der Waals surface area contributed by atoms with Gasteiger partial charge in [-0.1, -0.05) is 0 Å². The molecule has 1 atom stereocenters. The number of ether oxygens (including phenoxy) is 1. The summed E-state index contributed by atoms with van der Waals surface area (Å²) in [4.78, 5) is 12.7. The number of rotatable bonds is 3. The summed E-state index contributed by atoms with van der Waals surface area (Å²) in [6.07, 6.45) is 0.204. The first-order valence-corrected chi connectivity index (χ1v) is 5.00. The standard InChI is InChI=1S/C10H19NO3/c1-8(6-9(12)13)11-4-5-14-10(2,3)7-11/h8H,4-7H2,1-3H3,(H,12,13). The van der Waals surface area contributed by atoms with Crippen molar-refractivity contribution in [2.24, 2.45) is 0 Å². The summed E-state index contributed by atoms with van der Waals surface area (Å²) < 4.78 is 5.56. The van der Waals surface area contributed by atoms with E-state index in [1.807, 2.05) is 20.8 Å². The number of morpholine rings is 1. The maximum atomic E-state index is 10.6. The summed E-state index contributed by atoms with van der Waals surface area (Å²) in [7, 11) is 0. The number of hydrogen-bond acceptors (Lipinski definition) is 3. The second-order valence-electron chi connectivity index (χ2n) is 4.53. The minimum Gasteiger partial charge on any atom is -0.481 e. The summed E-state index contributed by atoms with van der Waals surface area (Å²) >= 11 is 0. The topological polar surface area (TPSA) is 49.8 Å². The molecule has 0 spiro atoms. The van der Waals surface area contributed by atoms with Crippen LogP contribution < -0.4 is 0 Å². The Morgan fingerprint density at radius 1 is 1.64 bits per heavy atom. The fourth-order valence-corrected chi connectivity index (χ4v) is 1.81. The smallest absolute Gasteiger partial charge is 0.304 e. The van der Waals surface area contributed by atoms with E-state index in [-0.39, 0.29) is 18.1 Å². The molecule has 0 saturated carbocycles. The first-order chi connectivity index (χ1) is 6.41. The van der Waals surface area contributed by atoms with E-state index in [2.05, 4.69) is 4.90 Å². The van der Waals surface area contributed by atoms with Gasteiger partial charge in [-0.25, -0.2) is 0 Å². The lowest BCUT2D eigenvalue weighted by Crippen LogP contribution is -2.51. The van der Waals surface area contributed by atoms with Crippen molar-refractivity contribution in [2.45, 2.75) is 38.8 Å². The van der Waals surface area contributed by atoms with Crippen LogP contribution in [0.15, 0.2) is 0 Å². The molecule has 1 saturated heterocycles. The monoisotopic (exact) mass is 201 g/mol. The van der Waals surface area contributed by atoms with Gasteiger partial charge in [-0.05, 0) is 20.8 Å². The third-order valence-electron chi connectivity index (χ3n) is 2.55. The highest BCUT2D eigenvalue weighted by Crippen LogP contribution is 2.19. The Kier molecular flexibility index (Phi) is 3.50. The average Bonchev–Trinajstić information content (AvgIpc) is 2.01. The lowest BCUT2D eigenvalue weighted by atomic mass is 10.0. The molecule has 14 heavy (non-hydrogen) atoms. The van der Waals surface area contributed by atoms with Crippen molar-refractivity contribution in [3.8, 4) is 0 Å². The molecule has 0 aromatic rings. The maximum absolute atomic E-state index is 10.6. The summed E-state index contributed by atoms with van der Waals surface area (Å²) in [5.74, 6) is -0.734. The number of aliphatic carboxylic acids is 1. The van der Waals surface area contributed by atoms with Crippen LogP contribution in [0.4, 0.5) is 0 Å². The van der Waals surface area contributed by atoms with Gasteiger partial charge in [0.25, 0.3) is 0 Å². The average molecular weight is 201 g/mol. The minimum atomic E-state index is -0.734. The van der Waals surface area contributed by atoms with Gasteiger partial charge in [0, 0.05) is 19.1 Å². The number of nitrogens with zero attached hydrogens (tertiary/aromatic N) is 1. The molecule has 1 fully saturated rings. The van der Waals surface area contributed by atoms with Gasteiger partial charge >= 0.3 is 5.97 Å². The van der Waals surface area contributed by atoms with E-state index in [1.165, 1.54) is 0 Å². The van der Waals surface area contributed by atoms with Crippen LogP contribution in [-0.4, -0.2) is 47.3 Å². The fraction of sp³-hybridized carbons (Fsp3) is 0.900. The van der Waals surface area contributed by atoms with Crippen LogP contribution in [0.5, 0.6) is 0 Å². The molecule has 82 valence electrons. The third kappa shape index (κ3) is 3.27. The molecule has 0 radical (unpaired) electrons. The molecule has 0 bridgehead atoms. The van der Waals surface area contributed by atoms with Gasteiger partial charge in [0.1, 0.15) is 0 Å². The highest BCUT2D eigenvalue weighted by Gasteiger charge is 2.30. The molecular formula is C10H19NO3. The molecule has 0 aliphatic carbocycles. The van der Waals surface area contributed by atoms with Crippen molar-refractivity contribution >= 4 is 5.97 Å². The van der Waals surface area contributed by atoms with Crippen molar-refractivity contribution in [1.29, 1.82) is 0 Å². The van der Waals surface area contributed by atoms with Gasteiger partial charge in [0.05, 0.1) is 18.6 Å². The Morgan fingerprint density at radius 2 is 2.29 bits per heavy atom. The maximum Gasteiger partial charge on any atom is 0.304 e. The van der Waals surface area contributed by atoms with E-state index in [0.29, 0.717) is 6.61 Å². The Bertz CT molecular complexity index is 215. The van der Waals surface area contributed by atoms with Crippen LogP contribution >= 0.6 is 0 Å². The Hall–Kier alpha value is -0.610. The zero-order valence-corrected chi connectivity index (χ0v) is 9.12. The van der Waals surface area contributed by atoms with Gasteiger partial charge in [-0.15, -0.1) is 0 Å². The molecule has 4 nitrogen and oxygen atoms in total. The molecule has 0 aromatic heterocycles. The lowest BCUT2D eigenvalue weighted by molar-refractivity contribution is -0.140. The van der Waals surface area contributed by atoms with E-state index in [1.54, 1.807) is 0 Å². The largest absolute Gasteiger partial charge is 0.481 e. The van der Waals surface area contributed by atoms with E-state index < -0.39 is 5.97 Å². The fourth-order valence-electron chi connectivity index (χ4n) is 1.81. The van der Waals surface area contributed by atoms with Crippen molar-refractivity contribution in [1.82, 2.24) is 4.90 Å². The van der Waals surface area contributed by atoms with Crippen LogP contribution in [-0.2, 0) is 9.53 Å². The number of carboxylic acids is 1. The van der Waals surface area contributed by atoms with Crippen LogP contribution in [0.25, 0.3) is 0 Å². The zero-order valence-electron chi connectivity index (χ0n) is 9.12. The Balaban J connectivity index is 2.47. The van der Waals surface area contributed by atoms with Crippen molar-refractivity contribution in [3.05, 3.63) is 0 Å². The van der Waals surface area contributed by atoms with Gasteiger partial charge in [-0.3, -0.25) is 9.69 Å². The molecule has 1 rings (SSSR count). The van der Waals surface area contributed by atoms with Crippen molar-refractivity contribution in [2.75, 3.05) is 19.7 Å². The Labute approximate surface area is 84.8 Å². The van der Waals surface area contributed by atoms with Crippen LogP contribution in [0.2, 0.25) is 0 Å². The van der Waals surface area contributed by atoms with E-state index in [4.69, 9.17) is 9.84 Å². The second kappa shape index (κ2) is 4.28. The number of hydrogen-bond donors (Lipinski definition) is 1. The molecule has 1 heterocycles. The van der Waals surface area contributed by atoms with Crippen molar-refractivity contribution in [3.63, 3.8) is 0 Å². The quantitative estimate of drug-likeness (QED) is 0.739. The van der Waals surface area contributed by atoms with E-state index in [9.17, 15) is 4.79 Å². The summed E-state index contributed by atoms with van der Waals surface area (Å²) in [5.41, 5.74) is -0.148. The summed E-state index contributed by atoms with van der Waals surface area (Å²) in [6, 6.07) is 0.0932. The van der Waals surface area contributed by atoms with Gasteiger partial charge < -0.3 is 9.84 Å². The van der Waals surface area contributed by atoms with E-state index >= 15 is 0 Å². The normalized spacial score (nSPS) is 24.5. The van der Waals surface area contributed by atoms with Crippen LogP contribution in [0.1, 0.15) is 27.2 Å². The van der Waals surface area contributed by atoms with Gasteiger partial charge in [0.2, 0.25) is 0 Å². The van der Waals surface area contributed by atoms with E-state index in [0.717, 1.165) is 13.1 Å². The van der Waals surface area contributed by atoms with Gasteiger partial charge in [-0.2, -0.15) is 0 Å². The molecule has 0 aromatic carbocycles. The SMILES string of the molecule is CC(CC(=O)O)N1CCOC(C)(C)C1. The molecule has 4 heteroatoms. The molecule has 1 unspecified atom stereocenters. The first-order valence-electron chi connectivity index (χ1n) is 5.00. The second-order valence-corrected chi connectivity index (χ2v) is 4.53. The van der Waals surface area contributed by atoms with Crippen LogP contribution in [0, 0.1) is 0 Å². The van der Waals surface area contributed by atoms with Gasteiger partial charge in [0.15, 0.2) is 0 Å². The third-order valence-corrected chi connectivity index (χ3v) is 2.55. The highest BCUT2D eigenvalue weighted by atomic mass is 16.5. The Morgan fingerprint density at radius 3 is 2.79 bits per heavy atom. The molecule has 1 N–H and O–H groups in total. The molecule has 0 amide bonds. The number of carbonyl (C=O) groups is 1. The summed E-state index contributed by atoms with van der Waals surface area (Å²) in [5, 5.41) is 8.69. The van der Waals surface area contributed by atoms with Crippen molar-refractivity contribution < 1.29 is 14.6 Å². The predicted octanol–water partition coefficient (Wildman–Crippen LogP) is 0.960. The minimum absolute atomic E-state index is 0.0932. The summed E-state index contributed by atoms with van der Waals surface area (Å²) in [6.45, 7) is 8.35.